The Bertz CT molecular complexity index is 184. The first-order chi connectivity index (χ1) is 6.43. The van der Waals surface area contributed by atoms with E-state index in [1.807, 2.05) is 0 Å². The average Bonchev–Trinajstić information content (AvgIpc) is 2.08. The zero-order valence-corrected chi connectivity index (χ0v) is 7.73. The Morgan fingerprint density at radius 1 is 1.21 bits per heavy atom. The summed E-state index contributed by atoms with van der Waals surface area (Å²) in [5.74, 6) is -4.63. The molecule has 0 saturated heterocycles. The maximum Gasteiger partial charge on any atom is 0.307 e. The van der Waals surface area contributed by atoms with Crippen LogP contribution in [0.15, 0.2) is 0 Å². The van der Waals surface area contributed by atoms with Gasteiger partial charge in [-0.05, 0) is 18.8 Å². The van der Waals surface area contributed by atoms with Crippen molar-refractivity contribution >= 4 is 0 Å². The topological polar surface area (TPSA) is 20.2 Å². The third-order valence-corrected chi connectivity index (χ3v) is 2.72. The molecule has 1 N–H and O–H groups in total. The van der Waals surface area contributed by atoms with E-state index in [1.165, 1.54) is 0 Å². The van der Waals surface area contributed by atoms with Gasteiger partial charge in [0.05, 0.1) is 6.10 Å². The van der Waals surface area contributed by atoms with Crippen LogP contribution >= 0.6 is 0 Å². The van der Waals surface area contributed by atoms with Gasteiger partial charge >= 0.3 is 12.3 Å². The monoisotopic (exact) mass is 214 g/mol. The predicted octanol–water partition coefficient (Wildman–Crippen LogP) is 2.83. The number of alkyl halides is 4. The first-order valence-electron chi connectivity index (χ1n) is 4.77. The number of halogens is 4. The van der Waals surface area contributed by atoms with Crippen LogP contribution in [0.25, 0.3) is 0 Å². The van der Waals surface area contributed by atoms with E-state index in [9.17, 15) is 22.7 Å². The van der Waals surface area contributed by atoms with Crippen LogP contribution in [0, 0.1) is 5.92 Å². The molecule has 14 heavy (non-hydrogen) atoms. The first-order valence-corrected chi connectivity index (χ1v) is 4.77. The van der Waals surface area contributed by atoms with Crippen LogP contribution in [0.2, 0.25) is 0 Å². The Labute approximate surface area is 80.1 Å². The lowest BCUT2D eigenvalue weighted by molar-refractivity contribution is -0.150. The highest BCUT2D eigenvalue weighted by atomic mass is 19.3. The maximum absolute atomic E-state index is 12.6. The number of aliphatic hydroxyl groups is 1. The SMILES string of the molecule is OC1CCCCC1CC(F)(F)C(F)F. The van der Waals surface area contributed by atoms with Crippen LogP contribution < -0.4 is 0 Å². The predicted molar refractivity (Wildman–Crippen MR) is 43.5 cm³/mol. The van der Waals surface area contributed by atoms with E-state index in [2.05, 4.69) is 0 Å². The zero-order chi connectivity index (χ0) is 10.8. The molecule has 0 spiro atoms. The molecule has 2 atom stereocenters. The summed E-state index contributed by atoms with van der Waals surface area (Å²) in [5.41, 5.74) is 0. The summed E-state index contributed by atoms with van der Waals surface area (Å²) in [5, 5.41) is 9.34. The Kier molecular flexibility index (Phi) is 3.75. The van der Waals surface area contributed by atoms with Crippen LogP contribution in [-0.2, 0) is 0 Å². The van der Waals surface area contributed by atoms with Gasteiger partial charge in [-0.1, -0.05) is 12.8 Å². The number of aliphatic hydroxyl groups excluding tert-OH is 1. The largest absolute Gasteiger partial charge is 0.393 e. The highest BCUT2D eigenvalue weighted by Crippen LogP contribution is 2.36. The highest BCUT2D eigenvalue weighted by Gasteiger charge is 2.44. The van der Waals surface area contributed by atoms with E-state index in [4.69, 9.17) is 0 Å². The summed E-state index contributed by atoms with van der Waals surface area (Å²) in [4.78, 5) is 0. The molecule has 1 nitrogen and oxygen atoms in total. The number of hydrogen-bond acceptors (Lipinski definition) is 1. The molecule has 0 aromatic rings. The van der Waals surface area contributed by atoms with Gasteiger partial charge in [0.1, 0.15) is 0 Å². The van der Waals surface area contributed by atoms with Crippen molar-refractivity contribution in [2.45, 2.75) is 50.6 Å². The molecular weight excluding hydrogens is 200 g/mol. The lowest BCUT2D eigenvalue weighted by atomic mass is 9.83. The van der Waals surface area contributed by atoms with E-state index in [0.29, 0.717) is 12.8 Å². The second-order valence-corrected chi connectivity index (χ2v) is 3.88. The van der Waals surface area contributed by atoms with Crippen LogP contribution in [0.1, 0.15) is 32.1 Å². The van der Waals surface area contributed by atoms with Gasteiger partial charge in [-0.3, -0.25) is 0 Å². The van der Waals surface area contributed by atoms with Gasteiger partial charge in [0.15, 0.2) is 0 Å². The van der Waals surface area contributed by atoms with Gasteiger partial charge in [-0.2, -0.15) is 0 Å². The standard InChI is InChI=1S/C9H14F4O/c10-8(11)9(12,13)5-6-3-1-2-4-7(6)14/h6-8,14H,1-5H2. The lowest BCUT2D eigenvalue weighted by Gasteiger charge is -2.30. The molecule has 1 aliphatic carbocycles. The Hall–Kier alpha value is -0.320. The van der Waals surface area contributed by atoms with E-state index in [1.54, 1.807) is 0 Å². The van der Waals surface area contributed by atoms with Gasteiger partial charge in [0.2, 0.25) is 0 Å². The van der Waals surface area contributed by atoms with Crippen LogP contribution in [-0.4, -0.2) is 23.6 Å². The van der Waals surface area contributed by atoms with Gasteiger partial charge in [-0.25, -0.2) is 17.6 Å². The van der Waals surface area contributed by atoms with Crippen molar-refractivity contribution in [2.24, 2.45) is 5.92 Å². The Balaban J connectivity index is 2.49. The number of hydrogen-bond donors (Lipinski definition) is 1. The summed E-state index contributed by atoms with van der Waals surface area (Å²) in [7, 11) is 0. The van der Waals surface area contributed by atoms with Crippen molar-refractivity contribution in [3.8, 4) is 0 Å². The maximum atomic E-state index is 12.6. The van der Waals surface area contributed by atoms with E-state index >= 15 is 0 Å². The molecule has 0 amide bonds. The van der Waals surface area contributed by atoms with Crippen molar-refractivity contribution < 1.29 is 22.7 Å². The van der Waals surface area contributed by atoms with Crippen molar-refractivity contribution in [3.63, 3.8) is 0 Å². The molecule has 0 aromatic carbocycles. The molecular formula is C9H14F4O. The fourth-order valence-corrected chi connectivity index (χ4v) is 1.86. The minimum absolute atomic E-state index is 0.420. The van der Waals surface area contributed by atoms with Gasteiger partial charge in [-0.15, -0.1) is 0 Å². The lowest BCUT2D eigenvalue weighted by Crippen LogP contribution is -2.35. The molecule has 0 radical (unpaired) electrons. The average molecular weight is 214 g/mol. The van der Waals surface area contributed by atoms with Gasteiger partial charge in [0, 0.05) is 6.42 Å². The molecule has 1 aliphatic rings. The van der Waals surface area contributed by atoms with Crippen LogP contribution in [0.4, 0.5) is 17.6 Å². The second kappa shape index (κ2) is 4.47. The molecule has 2 unspecified atom stereocenters. The normalized spacial score (nSPS) is 29.6. The fourth-order valence-electron chi connectivity index (χ4n) is 1.86. The number of rotatable bonds is 3. The van der Waals surface area contributed by atoms with Gasteiger partial charge in [0.25, 0.3) is 0 Å². The summed E-state index contributed by atoms with van der Waals surface area (Å²) < 4.78 is 49.0. The van der Waals surface area contributed by atoms with Crippen LogP contribution in [0.3, 0.4) is 0 Å². The second-order valence-electron chi connectivity index (χ2n) is 3.88. The summed E-state index contributed by atoms with van der Waals surface area (Å²) in [6.45, 7) is 0. The quantitative estimate of drug-likeness (QED) is 0.716. The van der Waals surface area contributed by atoms with E-state index in [-0.39, 0.29) is 0 Å². The van der Waals surface area contributed by atoms with Crippen molar-refractivity contribution in [2.75, 3.05) is 0 Å². The fraction of sp³-hybridized carbons (Fsp3) is 1.00. The van der Waals surface area contributed by atoms with E-state index < -0.39 is 30.8 Å². The molecule has 1 saturated carbocycles. The van der Waals surface area contributed by atoms with Gasteiger partial charge < -0.3 is 5.11 Å². The molecule has 84 valence electrons. The van der Waals surface area contributed by atoms with Crippen molar-refractivity contribution in [1.29, 1.82) is 0 Å². The summed E-state index contributed by atoms with van der Waals surface area (Å²) in [6.07, 6.45) is -2.97. The molecule has 1 fully saturated rings. The molecule has 0 bridgehead atoms. The summed E-state index contributed by atoms with van der Waals surface area (Å²) in [6, 6.07) is 0. The molecule has 0 aromatic heterocycles. The molecule has 1 rings (SSSR count). The minimum Gasteiger partial charge on any atom is -0.393 e. The third-order valence-electron chi connectivity index (χ3n) is 2.72. The van der Waals surface area contributed by atoms with Crippen molar-refractivity contribution in [1.82, 2.24) is 0 Å². The minimum atomic E-state index is -3.96. The van der Waals surface area contributed by atoms with Crippen LogP contribution in [0.5, 0.6) is 0 Å². The third kappa shape index (κ3) is 2.83. The molecule has 0 aliphatic heterocycles. The zero-order valence-electron chi connectivity index (χ0n) is 7.73. The first kappa shape index (κ1) is 11.8. The van der Waals surface area contributed by atoms with E-state index in [0.717, 1.165) is 12.8 Å². The molecule has 5 heteroatoms. The summed E-state index contributed by atoms with van der Waals surface area (Å²) >= 11 is 0. The Morgan fingerprint density at radius 3 is 2.29 bits per heavy atom. The highest BCUT2D eigenvalue weighted by molar-refractivity contribution is 4.81. The Morgan fingerprint density at radius 2 is 1.79 bits per heavy atom. The smallest absolute Gasteiger partial charge is 0.307 e. The molecule has 0 heterocycles. The van der Waals surface area contributed by atoms with Crippen molar-refractivity contribution in [3.05, 3.63) is 0 Å².